The number of carbonyl (C=O) groups is 2. The number of hydrogen-bond acceptors (Lipinski definition) is 3. The molecule has 0 aliphatic heterocycles. The van der Waals surface area contributed by atoms with E-state index in [0.29, 0.717) is 5.75 Å². The average molecular weight is 359 g/mol. The fourth-order valence-corrected chi connectivity index (χ4v) is 2.87. The highest BCUT2D eigenvalue weighted by Crippen LogP contribution is 2.23. The van der Waals surface area contributed by atoms with Crippen molar-refractivity contribution in [3.05, 3.63) is 90.5 Å². The molecule has 136 valence electrons. The molecule has 0 aliphatic rings. The van der Waals surface area contributed by atoms with Crippen LogP contribution in [-0.4, -0.2) is 11.9 Å². The topological polar surface area (TPSA) is 55.4 Å². The van der Waals surface area contributed by atoms with Gasteiger partial charge in [0.2, 0.25) is 5.91 Å². The quantitative estimate of drug-likeness (QED) is 0.520. The van der Waals surface area contributed by atoms with E-state index < -0.39 is 12.0 Å². The molecule has 3 aromatic rings. The SMILES string of the molecule is CC(=O)N[C@@H](CC(=O)Oc1ccc(-c2ccccc2)cc1)c1ccccc1. The lowest BCUT2D eigenvalue weighted by Crippen LogP contribution is -2.29. The normalized spacial score (nSPS) is 11.4. The fraction of sp³-hybridized carbons (Fsp3) is 0.130. The summed E-state index contributed by atoms with van der Waals surface area (Å²) in [5.41, 5.74) is 3.02. The maximum absolute atomic E-state index is 12.4. The predicted octanol–water partition coefficient (Wildman–Crippen LogP) is 4.53. The van der Waals surface area contributed by atoms with Crippen LogP contribution in [0.25, 0.3) is 11.1 Å². The molecule has 0 radical (unpaired) electrons. The predicted molar refractivity (Wildman–Crippen MR) is 105 cm³/mol. The third kappa shape index (κ3) is 5.28. The Balaban J connectivity index is 1.66. The Labute approximate surface area is 158 Å². The second-order valence-corrected chi connectivity index (χ2v) is 6.23. The molecule has 4 nitrogen and oxygen atoms in total. The molecular formula is C23H21NO3. The average Bonchev–Trinajstić information content (AvgIpc) is 2.69. The second kappa shape index (κ2) is 8.81. The lowest BCUT2D eigenvalue weighted by molar-refractivity contribution is -0.135. The molecule has 0 spiro atoms. The summed E-state index contributed by atoms with van der Waals surface area (Å²) in [6.07, 6.45) is 0.0596. The van der Waals surface area contributed by atoms with Crippen molar-refractivity contribution in [2.75, 3.05) is 0 Å². The van der Waals surface area contributed by atoms with E-state index in [1.54, 1.807) is 12.1 Å². The van der Waals surface area contributed by atoms with Crippen LogP contribution in [0.2, 0.25) is 0 Å². The first kappa shape index (κ1) is 18.4. The molecule has 0 aromatic heterocycles. The first-order chi connectivity index (χ1) is 13.1. The van der Waals surface area contributed by atoms with Gasteiger partial charge in [-0.1, -0.05) is 72.8 Å². The van der Waals surface area contributed by atoms with Crippen LogP contribution in [0.1, 0.15) is 24.9 Å². The van der Waals surface area contributed by atoms with Gasteiger partial charge in [0.15, 0.2) is 0 Å². The zero-order valence-corrected chi connectivity index (χ0v) is 15.1. The van der Waals surface area contributed by atoms with Gasteiger partial charge >= 0.3 is 5.97 Å². The van der Waals surface area contributed by atoms with Crippen LogP contribution in [-0.2, 0) is 9.59 Å². The summed E-state index contributed by atoms with van der Waals surface area (Å²) < 4.78 is 5.45. The highest BCUT2D eigenvalue weighted by atomic mass is 16.5. The zero-order valence-electron chi connectivity index (χ0n) is 15.1. The summed E-state index contributed by atoms with van der Waals surface area (Å²) >= 11 is 0. The first-order valence-corrected chi connectivity index (χ1v) is 8.80. The van der Waals surface area contributed by atoms with Crippen molar-refractivity contribution < 1.29 is 14.3 Å². The molecule has 0 heterocycles. The lowest BCUT2D eigenvalue weighted by Gasteiger charge is -2.17. The van der Waals surface area contributed by atoms with Gasteiger partial charge in [0.05, 0.1) is 12.5 Å². The van der Waals surface area contributed by atoms with Crippen LogP contribution in [0.5, 0.6) is 5.75 Å². The van der Waals surface area contributed by atoms with E-state index >= 15 is 0 Å². The minimum Gasteiger partial charge on any atom is -0.426 e. The van der Waals surface area contributed by atoms with Gasteiger partial charge in [-0.3, -0.25) is 9.59 Å². The number of hydrogen-bond donors (Lipinski definition) is 1. The molecule has 4 heteroatoms. The standard InChI is InChI=1S/C23H21NO3/c1-17(25)24-22(20-10-6-3-7-11-20)16-23(26)27-21-14-12-19(13-15-21)18-8-4-2-5-9-18/h2-15,22H,16H2,1H3,(H,24,25)/t22-/m0/s1. The van der Waals surface area contributed by atoms with Crippen molar-refractivity contribution in [3.63, 3.8) is 0 Å². The molecule has 27 heavy (non-hydrogen) atoms. The first-order valence-electron chi connectivity index (χ1n) is 8.80. The van der Waals surface area contributed by atoms with Crippen LogP contribution in [0.15, 0.2) is 84.9 Å². The van der Waals surface area contributed by atoms with Crippen LogP contribution in [0.4, 0.5) is 0 Å². The minimum atomic E-state index is -0.417. The molecule has 1 N–H and O–H groups in total. The van der Waals surface area contributed by atoms with Crippen LogP contribution >= 0.6 is 0 Å². The number of rotatable bonds is 6. The Hall–Kier alpha value is -3.40. The number of esters is 1. The summed E-state index contributed by atoms with van der Waals surface area (Å²) in [6.45, 7) is 1.43. The molecule has 1 atom stereocenters. The molecule has 0 fully saturated rings. The Morgan fingerprint density at radius 3 is 1.96 bits per heavy atom. The number of amides is 1. The van der Waals surface area contributed by atoms with Gasteiger partial charge in [-0.15, -0.1) is 0 Å². The van der Waals surface area contributed by atoms with Crippen LogP contribution in [0, 0.1) is 0 Å². The van der Waals surface area contributed by atoms with Crippen molar-refractivity contribution in [3.8, 4) is 16.9 Å². The molecule has 3 rings (SSSR count). The monoisotopic (exact) mass is 359 g/mol. The number of carbonyl (C=O) groups excluding carboxylic acids is 2. The minimum absolute atomic E-state index is 0.0596. The van der Waals surface area contributed by atoms with Crippen molar-refractivity contribution >= 4 is 11.9 Å². The van der Waals surface area contributed by atoms with Crippen LogP contribution in [0.3, 0.4) is 0 Å². The van der Waals surface area contributed by atoms with Gasteiger partial charge in [-0.05, 0) is 28.8 Å². The summed E-state index contributed by atoms with van der Waals surface area (Å²) in [6, 6.07) is 26.3. The second-order valence-electron chi connectivity index (χ2n) is 6.23. The third-order valence-corrected chi connectivity index (χ3v) is 4.14. The third-order valence-electron chi connectivity index (χ3n) is 4.14. The summed E-state index contributed by atoms with van der Waals surface area (Å²) in [5.74, 6) is -0.108. The van der Waals surface area contributed by atoms with E-state index in [0.717, 1.165) is 16.7 Å². The molecule has 0 saturated carbocycles. The lowest BCUT2D eigenvalue weighted by atomic mass is 10.0. The van der Waals surface area contributed by atoms with Crippen LogP contribution < -0.4 is 10.1 Å². The molecule has 0 bridgehead atoms. The molecule has 0 unspecified atom stereocenters. The molecule has 0 saturated heterocycles. The van der Waals surface area contributed by atoms with E-state index in [9.17, 15) is 9.59 Å². The van der Waals surface area contributed by atoms with Gasteiger partial charge < -0.3 is 10.1 Å². The molecular weight excluding hydrogens is 338 g/mol. The largest absolute Gasteiger partial charge is 0.426 e. The molecule has 3 aromatic carbocycles. The Morgan fingerprint density at radius 1 is 0.815 bits per heavy atom. The van der Waals surface area contributed by atoms with E-state index in [1.807, 2.05) is 72.8 Å². The molecule has 0 aliphatic carbocycles. The van der Waals surface area contributed by atoms with Gasteiger partial charge in [0.1, 0.15) is 5.75 Å². The number of nitrogens with one attached hydrogen (secondary N) is 1. The van der Waals surface area contributed by atoms with E-state index in [1.165, 1.54) is 6.92 Å². The maximum atomic E-state index is 12.4. The summed E-state index contributed by atoms with van der Waals surface area (Å²) in [7, 11) is 0. The van der Waals surface area contributed by atoms with Crippen molar-refractivity contribution in [2.24, 2.45) is 0 Å². The van der Waals surface area contributed by atoms with E-state index in [2.05, 4.69) is 5.32 Å². The Bertz CT molecular complexity index is 890. The summed E-state index contributed by atoms with van der Waals surface area (Å²) in [4.78, 5) is 23.8. The smallest absolute Gasteiger partial charge is 0.313 e. The van der Waals surface area contributed by atoms with Gasteiger partial charge in [-0.25, -0.2) is 0 Å². The van der Waals surface area contributed by atoms with Crippen molar-refractivity contribution in [1.29, 1.82) is 0 Å². The van der Waals surface area contributed by atoms with Gasteiger partial charge in [0, 0.05) is 6.92 Å². The Kier molecular flexibility index (Phi) is 6.00. The van der Waals surface area contributed by atoms with Gasteiger partial charge in [0.25, 0.3) is 0 Å². The van der Waals surface area contributed by atoms with Crippen molar-refractivity contribution in [2.45, 2.75) is 19.4 Å². The van der Waals surface area contributed by atoms with E-state index in [-0.39, 0.29) is 12.3 Å². The highest BCUT2D eigenvalue weighted by molar-refractivity contribution is 5.77. The maximum Gasteiger partial charge on any atom is 0.313 e. The summed E-state index contributed by atoms with van der Waals surface area (Å²) in [5, 5.41) is 2.80. The molecule has 1 amide bonds. The Morgan fingerprint density at radius 2 is 1.37 bits per heavy atom. The number of ether oxygens (including phenoxy) is 1. The van der Waals surface area contributed by atoms with Gasteiger partial charge in [-0.2, -0.15) is 0 Å². The zero-order chi connectivity index (χ0) is 19.1. The fourth-order valence-electron chi connectivity index (χ4n) is 2.87. The number of benzene rings is 3. The highest BCUT2D eigenvalue weighted by Gasteiger charge is 2.18. The van der Waals surface area contributed by atoms with E-state index in [4.69, 9.17) is 4.74 Å². The van der Waals surface area contributed by atoms with Crippen molar-refractivity contribution in [1.82, 2.24) is 5.32 Å².